The fraction of sp³-hybridized carbons (Fsp3) is 0.250. The Kier molecular flexibility index (Phi) is 5.78. The van der Waals surface area contributed by atoms with E-state index in [9.17, 15) is 23.1 Å². The summed E-state index contributed by atoms with van der Waals surface area (Å²) in [6.07, 6.45) is -0.494. The molecule has 0 spiro atoms. The van der Waals surface area contributed by atoms with Crippen LogP contribution < -0.4 is 10.6 Å². The zero-order valence-corrected chi connectivity index (χ0v) is 16.8. The molecule has 1 aromatic carbocycles. The van der Waals surface area contributed by atoms with E-state index in [1.165, 1.54) is 26.2 Å². The van der Waals surface area contributed by atoms with Crippen LogP contribution in [0.3, 0.4) is 0 Å². The second-order valence-electron chi connectivity index (χ2n) is 7.33. The number of carbonyl (C=O) groups is 1. The summed E-state index contributed by atoms with van der Waals surface area (Å²) in [5.74, 6) is -1.08. The number of rotatable bonds is 6. The van der Waals surface area contributed by atoms with Gasteiger partial charge in [-0.05, 0) is 50.1 Å². The Morgan fingerprint density at radius 3 is 2.29 bits per heavy atom. The Morgan fingerprint density at radius 1 is 1.00 bits per heavy atom. The van der Waals surface area contributed by atoms with Crippen LogP contribution in [0.15, 0.2) is 42.9 Å². The number of aromatic nitrogens is 4. The standard InChI is InChI=1S/C20H19F3N6O2/c1-11-6-12(13-9-25-17(26-10-13)29-19(2,3)16(30)31)8-14(7-11)27-18-24-5-4-15(28-18)20(21,22)23/h4-10H,1-3H3,(H,30,31)(H,24,27,28)(H,25,26,29). The molecular formula is C20H19F3N6O2. The van der Waals surface area contributed by atoms with E-state index in [0.717, 1.165) is 17.8 Å². The van der Waals surface area contributed by atoms with Crippen LogP contribution in [-0.2, 0) is 11.0 Å². The lowest BCUT2D eigenvalue weighted by Crippen LogP contribution is -2.40. The summed E-state index contributed by atoms with van der Waals surface area (Å²) in [5.41, 5.74) is 0.379. The number of benzene rings is 1. The molecule has 0 bridgehead atoms. The molecule has 0 aliphatic heterocycles. The van der Waals surface area contributed by atoms with Crippen LogP contribution in [0, 0.1) is 6.92 Å². The van der Waals surface area contributed by atoms with Gasteiger partial charge in [0.2, 0.25) is 11.9 Å². The number of alkyl halides is 3. The number of aryl methyl sites for hydroxylation is 1. The van der Waals surface area contributed by atoms with Crippen molar-refractivity contribution >= 4 is 23.6 Å². The lowest BCUT2D eigenvalue weighted by molar-refractivity contribution is -0.141. The molecule has 0 atom stereocenters. The average molecular weight is 432 g/mol. The smallest absolute Gasteiger partial charge is 0.433 e. The molecule has 0 unspecified atom stereocenters. The molecule has 0 aliphatic rings. The fourth-order valence-corrected chi connectivity index (χ4v) is 2.60. The van der Waals surface area contributed by atoms with Crippen molar-refractivity contribution in [2.45, 2.75) is 32.5 Å². The zero-order chi connectivity index (χ0) is 22.8. The Bertz CT molecular complexity index is 1100. The molecule has 11 heteroatoms. The summed E-state index contributed by atoms with van der Waals surface area (Å²) in [6.45, 7) is 4.80. The summed E-state index contributed by atoms with van der Waals surface area (Å²) in [6, 6.07) is 6.08. The number of carboxylic acids is 1. The Hall–Kier alpha value is -3.76. The highest BCUT2D eigenvalue weighted by Crippen LogP contribution is 2.29. The first-order chi connectivity index (χ1) is 14.4. The van der Waals surface area contributed by atoms with E-state index < -0.39 is 23.4 Å². The van der Waals surface area contributed by atoms with E-state index in [0.29, 0.717) is 16.8 Å². The van der Waals surface area contributed by atoms with Gasteiger partial charge in [-0.15, -0.1) is 0 Å². The van der Waals surface area contributed by atoms with Crippen LogP contribution in [0.25, 0.3) is 11.1 Å². The SMILES string of the molecule is Cc1cc(Nc2nccc(C(F)(F)F)n2)cc(-c2cnc(NC(C)(C)C(=O)O)nc2)c1. The third-order valence-corrected chi connectivity index (χ3v) is 4.22. The van der Waals surface area contributed by atoms with Crippen molar-refractivity contribution in [1.82, 2.24) is 19.9 Å². The van der Waals surface area contributed by atoms with E-state index in [1.807, 2.05) is 13.0 Å². The molecule has 2 aromatic heterocycles. The maximum Gasteiger partial charge on any atom is 0.433 e. The summed E-state index contributed by atoms with van der Waals surface area (Å²) < 4.78 is 38.6. The molecular weight excluding hydrogens is 413 g/mol. The van der Waals surface area contributed by atoms with Crippen molar-refractivity contribution in [3.8, 4) is 11.1 Å². The molecule has 3 aromatic rings. The molecule has 2 heterocycles. The lowest BCUT2D eigenvalue weighted by atomic mass is 10.1. The first-order valence-corrected chi connectivity index (χ1v) is 9.07. The van der Waals surface area contributed by atoms with Crippen molar-refractivity contribution in [1.29, 1.82) is 0 Å². The summed E-state index contributed by atoms with van der Waals surface area (Å²) in [5, 5.41) is 14.7. The monoisotopic (exact) mass is 432 g/mol. The summed E-state index contributed by atoms with van der Waals surface area (Å²) >= 11 is 0. The molecule has 8 nitrogen and oxygen atoms in total. The van der Waals surface area contributed by atoms with Gasteiger partial charge in [-0.2, -0.15) is 13.2 Å². The highest BCUT2D eigenvalue weighted by molar-refractivity contribution is 5.81. The molecule has 0 radical (unpaired) electrons. The second kappa shape index (κ2) is 8.17. The number of hydrogen-bond donors (Lipinski definition) is 3. The number of anilines is 3. The van der Waals surface area contributed by atoms with Gasteiger partial charge < -0.3 is 15.7 Å². The van der Waals surface area contributed by atoms with Gasteiger partial charge in [-0.3, -0.25) is 0 Å². The predicted octanol–water partition coefficient (Wildman–Crippen LogP) is 4.28. The van der Waals surface area contributed by atoms with Gasteiger partial charge >= 0.3 is 12.1 Å². The van der Waals surface area contributed by atoms with Gasteiger partial charge in [0.25, 0.3) is 0 Å². The van der Waals surface area contributed by atoms with Gasteiger partial charge in [-0.25, -0.2) is 24.7 Å². The topological polar surface area (TPSA) is 113 Å². The number of halogens is 3. The highest BCUT2D eigenvalue weighted by Gasteiger charge is 2.32. The van der Waals surface area contributed by atoms with E-state index in [4.69, 9.17) is 0 Å². The van der Waals surface area contributed by atoms with Crippen molar-refractivity contribution in [3.05, 3.63) is 54.1 Å². The quantitative estimate of drug-likeness (QED) is 0.529. The summed E-state index contributed by atoms with van der Waals surface area (Å²) in [4.78, 5) is 26.9. The summed E-state index contributed by atoms with van der Waals surface area (Å²) in [7, 11) is 0. The second-order valence-corrected chi connectivity index (χ2v) is 7.33. The average Bonchev–Trinajstić information content (AvgIpc) is 2.67. The minimum Gasteiger partial charge on any atom is -0.480 e. The van der Waals surface area contributed by atoms with Crippen LogP contribution >= 0.6 is 0 Å². The van der Waals surface area contributed by atoms with Gasteiger partial charge in [0.05, 0.1) is 0 Å². The molecule has 3 rings (SSSR count). The third-order valence-electron chi connectivity index (χ3n) is 4.22. The van der Waals surface area contributed by atoms with Crippen LogP contribution in [0.5, 0.6) is 0 Å². The van der Waals surface area contributed by atoms with Crippen LogP contribution in [0.2, 0.25) is 0 Å². The molecule has 3 N–H and O–H groups in total. The van der Waals surface area contributed by atoms with E-state index in [-0.39, 0.29) is 11.9 Å². The molecule has 0 saturated carbocycles. The molecule has 0 saturated heterocycles. The van der Waals surface area contributed by atoms with E-state index >= 15 is 0 Å². The van der Waals surface area contributed by atoms with Crippen LogP contribution in [0.1, 0.15) is 25.1 Å². The van der Waals surface area contributed by atoms with Crippen molar-refractivity contribution in [2.24, 2.45) is 0 Å². The number of aliphatic carboxylic acids is 1. The minimum atomic E-state index is -4.57. The maximum absolute atomic E-state index is 12.9. The Balaban J connectivity index is 1.84. The van der Waals surface area contributed by atoms with E-state index in [2.05, 4.69) is 30.6 Å². The number of carboxylic acid groups (broad SMARTS) is 1. The largest absolute Gasteiger partial charge is 0.480 e. The molecule has 0 amide bonds. The van der Waals surface area contributed by atoms with Crippen LogP contribution in [-0.4, -0.2) is 36.6 Å². The molecule has 0 fully saturated rings. The maximum atomic E-state index is 12.9. The van der Waals surface area contributed by atoms with Crippen molar-refractivity contribution < 1.29 is 23.1 Å². The highest BCUT2D eigenvalue weighted by atomic mass is 19.4. The van der Waals surface area contributed by atoms with Gasteiger partial charge in [0.1, 0.15) is 11.2 Å². The van der Waals surface area contributed by atoms with Gasteiger partial charge in [0.15, 0.2) is 0 Å². The Labute approximate surface area is 175 Å². The molecule has 31 heavy (non-hydrogen) atoms. The van der Waals surface area contributed by atoms with Crippen molar-refractivity contribution in [2.75, 3.05) is 10.6 Å². The lowest BCUT2D eigenvalue weighted by Gasteiger charge is -2.20. The van der Waals surface area contributed by atoms with Crippen molar-refractivity contribution in [3.63, 3.8) is 0 Å². The Morgan fingerprint density at radius 2 is 1.68 bits per heavy atom. The predicted molar refractivity (Wildman–Crippen MR) is 108 cm³/mol. The first kappa shape index (κ1) is 21.9. The number of hydrogen-bond acceptors (Lipinski definition) is 7. The minimum absolute atomic E-state index is 0.152. The van der Waals surface area contributed by atoms with E-state index in [1.54, 1.807) is 12.1 Å². The fourth-order valence-electron chi connectivity index (χ4n) is 2.60. The zero-order valence-electron chi connectivity index (χ0n) is 16.8. The molecule has 162 valence electrons. The van der Waals surface area contributed by atoms with Gasteiger partial charge in [0, 0.05) is 29.8 Å². The third kappa shape index (κ3) is 5.44. The normalized spacial score (nSPS) is 11.8. The van der Waals surface area contributed by atoms with Gasteiger partial charge in [-0.1, -0.05) is 6.07 Å². The first-order valence-electron chi connectivity index (χ1n) is 9.07. The van der Waals surface area contributed by atoms with Crippen LogP contribution in [0.4, 0.5) is 30.8 Å². The number of nitrogens with one attached hydrogen (secondary N) is 2. The number of nitrogens with zero attached hydrogens (tertiary/aromatic N) is 4. The molecule has 0 aliphatic carbocycles.